The van der Waals surface area contributed by atoms with Crippen molar-refractivity contribution in [3.05, 3.63) is 0 Å². The van der Waals surface area contributed by atoms with Gasteiger partial charge in [0.15, 0.2) is 0 Å². The van der Waals surface area contributed by atoms with E-state index in [1.54, 1.807) is 11.9 Å². The first-order chi connectivity index (χ1) is 9.41. The molecule has 1 atom stereocenters. The van der Waals surface area contributed by atoms with Gasteiger partial charge in [-0.1, -0.05) is 20.8 Å². The summed E-state index contributed by atoms with van der Waals surface area (Å²) in [6.07, 6.45) is 2.75. The Kier molecular flexibility index (Phi) is 6.46. The smallest absolute Gasteiger partial charge is 0.239 e. The molecule has 116 valence electrons. The number of carbonyl (C=O) groups is 2. The van der Waals surface area contributed by atoms with Crippen LogP contribution in [0.2, 0.25) is 0 Å². The lowest BCUT2D eigenvalue weighted by Gasteiger charge is -2.38. The van der Waals surface area contributed by atoms with Gasteiger partial charge in [-0.2, -0.15) is 0 Å². The molecular formula is C15H29N3O2. The highest BCUT2D eigenvalue weighted by Gasteiger charge is 2.39. The van der Waals surface area contributed by atoms with Gasteiger partial charge in [-0.15, -0.1) is 0 Å². The van der Waals surface area contributed by atoms with Crippen molar-refractivity contribution in [3.63, 3.8) is 0 Å². The Balaban J connectivity index is 2.54. The number of likely N-dealkylation sites (N-methyl/N-ethyl adjacent to an activating group) is 1. The number of piperidine rings is 1. The predicted molar refractivity (Wildman–Crippen MR) is 80.3 cm³/mol. The molecule has 0 aromatic heterocycles. The van der Waals surface area contributed by atoms with E-state index in [9.17, 15) is 9.59 Å². The van der Waals surface area contributed by atoms with Crippen LogP contribution in [0.5, 0.6) is 0 Å². The monoisotopic (exact) mass is 283 g/mol. The molecule has 20 heavy (non-hydrogen) atoms. The van der Waals surface area contributed by atoms with E-state index in [-0.39, 0.29) is 23.8 Å². The zero-order valence-electron chi connectivity index (χ0n) is 13.3. The molecule has 1 aliphatic rings. The highest BCUT2D eigenvalue weighted by Crippen LogP contribution is 2.31. The van der Waals surface area contributed by atoms with Gasteiger partial charge < -0.3 is 15.5 Å². The molecule has 0 aromatic carbocycles. The summed E-state index contributed by atoms with van der Waals surface area (Å²) in [4.78, 5) is 26.0. The van der Waals surface area contributed by atoms with Crippen LogP contribution in [0, 0.1) is 11.3 Å². The molecule has 0 spiro atoms. The third-order valence-electron chi connectivity index (χ3n) is 4.04. The zero-order chi connectivity index (χ0) is 15.2. The minimum Gasteiger partial charge on any atom is -0.354 e. The van der Waals surface area contributed by atoms with Crippen molar-refractivity contribution < 1.29 is 9.59 Å². The number of hydrogen-bond donors (Lipinski definition) is 2. The lowest BCUT2D eigenvalue weighted by Crippen LogP contribution is -2.52. The summed E-state index contributed by atoms with van der Waals surface area (Å²) in [5, 5.41) is 6.16. The molecule has 2 amide bonds. The lowest BCUT2D eigenvalue weighted by atomic mass is 9.77. The van der Waals surface area contributed by atoms with Gasteiger partial charge in [0.2, 0.25) is 11.8 Å². The van der Waals surface area contributed by atoms with Crippen LogP contribution in [-0.2, 0) is 9.59 Å². The number of hydrogen-bond acceptors (Lipinski definition) is 3. The van der Waals surface area contributed by atoms with E-state index in [0.717, 1.165) is 32.4 Å². The summed E-state index contributed by atoms with van der Waals surface area (Å²) >= 11 is 0. The Morgan fingerprint density at radius 2 is 2.10 bits per heavy atom. The maximum absolute atomic E-state index is 12.6. The minimum atomic E-state index is -0.328. The summed E-state index contributed by atoms with van der Waals surface area (Å²) in [6, 6.07) is 0. The molecular weight excluding hydrogens is 254 g/mol. The molecule has 2 N–H and O–H groups in total. The zero-order valence-corrected chi connectivity index (χ0v) is 13.3. The van der Waals surface area contributed by atoms with Crippen LogP contribution in [0.3, 0.4) is 0 Å². The molecule has 1 fully saturated rings. The molecule has 1 rings (SSSR count). The molecule has 0 bridgehead atoms. The molecule has 0 aliphatic carbocycles. The second kappa shape index (κ2) is 7.62. The molecule has 1 aliphatic heterocycles. The van der Waals surface area contributed by atoms with Gasteiger partial charge in [-0.05, 0) is 31.7 Å². The predicted octanol–water partition coefficient (Wildman–Crippen LogP) is 0.997. The first-order valence-corrected chi connectivity index (χ1v) is 7.64. The number of rotatable bonds is 6. The number of amides is 2. The SMILES string of the molecule is CCC1(C(=O)N(C)CC(=O)NCC(C)C)CCCNC1. The van der Waals surface area contributed by atoms with Gasteiger partial charge in [0.1, 0.15) is 0 Å². The second-order valence-corrected chi connectivity index (χ2v) is 6.27. The maximum atomic E-state index is 12.6. The van der Waals surface area contributed by atoms with Gasteiger partial charge in [-0.3, -0.25) is 9.59 Å². The summed E-state index contributed by atoms with van der Waals surface area (Å²) in [7, 11) is 1.73. The third-order valence-corrected chi connectivity index (χ3v) is 4.04. The van der Waals surface area contributed by atoms with Crippen molar-refractivity contribution >= 4 is 11.8 Å². The highest BCUT2D eigenvalue weighted by molar-refractivity contribution is 5.88. The van der Waals surface area contributed by atoms with E-state index >= 15 is 0 Å². The van der Waals surface area contributed by atoms with Gasteiger partial charge in [0, 0.05) is 20.1 Å². The average Bonchev–Trinajstić information content (AvgIpc) is 2.45. The van der Waals surface area contributed by atoms with E-state index in [4.69, 9.17) is 0 Å². The van der Waals surface area contributed by atoms with E-state index in [0.29, 0.717) is 12.5 Å². The van der Waals surface area contributed by atoms with E-state index in [2.05, 4.69) is 31.4 Å². The summed E-state index contributed by atoms with van der Waals surface area (Å²) in [5.41, 5.74) is -0.328. The van der Waals surface area contributed by atoms with Crippen molar-refractivity contribution in [1.82, 2.24) is 15.5 Å². The molecule has 5 heteroatoms. The van der Waals surface area contributed by atoms with Gasteiger partial charge in [0.05, 0.1) is 12.0 Å². The van der Waals surface area contributed by atoms with Crippen LogP contribution in [0.15, 0.2) is 0 Å². The van der Waals surface area contributed by atoms with Crippen LogP contribution >= 0.6 is 0 Å². The van der Waals surface area contributed by atoms with Crippen LogP contribution in [0.25, 0.3) is 0 Å². The quantitative estimate of drug-likeness (QED) is 0.764. The average molecular weight is 283 g/mol. The third kappa shape index (κ3) is 4.47. The minimum absolute atomic E-state index is 0.0791. The van der Waals surface area contributed by atoms with Crippen molar-refractivity contribution in [2.75, 3.05) is 33.2 Å². The standard InChI is InChI=1S/C15H29N3O2/c1-5-15(7-6-8-16-11-15)14(20)18(4)10-13(19)17-9-12(2)3/h12,16H,5-11H2,1-4H3,(H,17,19). The van der Waals surface area contributed by atoms with Gasteiger partial charge in [-0.25, -0.2) is 0 Å². The van der Waals surface area contributed by atoms with Gasteiger partial charge in [0.25, 0.3) is 0 Å². The van der Waals surface area contributed by atoms with Crippen LogP contribution in [0.4, 0.5) is 0 Å². The Labute approximate surface area is 122 Å². The van der Waals surface area contributed by atoms with Crippen molar-refractivity contribution in [1.29, 1.82) is 0 Å². The van der Waals surface area contributed by atoms with E-state index in [1.165, 1.54) is 0 Å². The molecule has 1 saturated heterocycles. The Morgan fingerprint density at radius 1 is 1.40 bits per heavy atom. The van der Waals surface area contributed by atoms with Crippen molar-refractivity contribution in [2.24, 2.45) is 11.3 Å². The fourth-order valence-corrected chi connectivity index (χ4v) is 2.67. The van der Waals surface area contributed by atoms with Gasteiger partial charge >= 0.3 is 0 Å². The molecule has 0 saturated carbocycles. The van der Waals surface area contributed by atoms with E-state index in [1.807, 2.05) is 0 Å². The topological polar surface area (TPSA) is 61.4 Å². The molecule has 0 aromatic rings. The number of nitrogens with one attached hydrogen (secondary N) is 2. The summed E-state index contributed by atoms with van der Waals surface area (Å²) in [5.74, 6) is 0.431. The molecule has 1 heterocycles. The second-order valence-electron chi connectivity index (χ2n) is 6.27. The largest absolute Gasteiger partial charge is 0.354 e. The van der Waals surface area contributed by atoms with Crippen molar-refractivity contribution in [2.45, 2.75) is 40.0 Å². The first kappa shape index (κ1) is 17.0. The summed E-state index contributed by atoms with van der Waals surface area (Å²) < 4.78 is 0. The number of carbonyl (C=O) groups excluding carboxylic acids is 2. The Bertz CT molecular complexity index is 336. The highest BCUT2D eigenvalue weighted by atomic mass is 16.2. The first-order valence-electron chi connectivity index (χ1n) is 7.64. The van der Waals surface area contributed by atoms with Crippen LogP contribution in [-0.4, -0.2) is 49.9 Å². The van der Waals surface area contributed by atoms with E-state index < -0.39 is 0 Å². The normalized spacial score (nSPS) is 22.6. The van der Waals surface area contributed by atoms with Crippen LogP contribution in [0.1, 0.15) is 40.0 Å². The fourth-order valence-electron chi connectivity index (χ4n) is 2.67. The lowest BCUT2D eigenvalue weighted by molar-refractivity contribution is -0.144. The maximum Gasteiger partial charge on any atom is 0.239 e. The molecule has 1 unspecified atom stereocenters. The number of nitrogens with zero attached hydrogens (tertiary/aromatic N) is 1. The molecule has 5 nitrogen and oxygen atoms in total. The Morgan fingerprint density at radius 3 is 2.60 bits per heavy atom. The van der Waals surface area contributed by atoms with Crippen molar-refractivity contribution in [3.8, 4) is 0 Å². The van der Waals surface area contributed by atoms with Crippen LogP contribution < -0.4 is 10.6 Å². The molecule has 0 radical (unpaired) electrons. The fraction of sp³-hybridized carbons (Fsp3) is 0.867. The Hall–Kier alpha value is -1.10. The summed E-state index contributed by atoms with van der Waals surface area (Å²) in [6.45, 7) is 8.66.